The molecule has 4 aromatic rings. The van der Waals surface area contributed by atoms with Gasteiger partial charge in [0.05, 0.1) is 11.8 Å². The fourth-order valence-corrected chi connectivity index (χ4v) is 5.19. The highest BCUT2D eigenvalue weighted by Gasteiger charge is 2.26. The van der Waals surface area contributed by atoms with Gasteiger partial charge in [0.15, 0.2) is 0 Å². The third-order valence-corrected chi connectivity index (χ3v) is 6.73. The second-order valence-corrected chi connectivity index (χ2v) is 9.13. The molecule has 3 aromatic carbocycles. The van der Waals surface area contributed by atoms with E-state index in [4.69, 9.17) is 0 Å². The van der Waals surface area contributed by atoms with E-state index in [0.29, 0.717) is 0 Å². The summed E-state index contributed by atoms with van der Waals surface area (Å²) in [4.78, 5) is 2.52. The van der Waals surface area contributed by atoms with E-state index in [2.05, 4.69) is 95.3 Å². The maximum atomic E-state index is 10.9. The van der Waals surface area contributed by atoms with Gasteiger partial charge >= 0.3 is 0 Å². The molecule has 0 aliphatic heterocycles. The molecule has 1 N–H and O–H groups in total. The summed E-state index contributed by atoms with van der Waals surface area (Å²) in [6.07, 6.45) is 2.63. The summed E-state index contributed by atoms with van der Waals surface area (Å²) in [7, 11) is 0. The SMILES string of the molecule is Cc1ccc2c(c1)c1c(n2CCN(Cc2ccccc2)Cc2ccccc2)[C@H](O)CCC1. The lowest BCUT2D eigenvalue weighted by atomic mass is 9.93. The number of aryl methyl sites for hydroxylation is 2. The molecule has 0 saturated heterocycles. The molecular weight excluding hydrogens is 392 g/mol. The van der Waals surface area contributed by atoms with E-state index >= 15 is 0 Å². The Kier molecular flexibility index (Phi) is 6.11. The largest absolute Gasteiger partial charge is 0.387 e. The Labute approximate surface area is 190 Å². The summed E-state index contributed by atoms with van der Waals surface area (Å²) in [6.45, 7) is 5.80. The quantitative estimate of drug-likeness (QED) is 0.393. The number of nitrogens with zero attached hydrogens (tertiary/aromatic N) is 2. The number of hydrogen-bond donors (Lipinski definition) is 1. The van der Waals surface area contributed by atoms with E-state index in [9.17, 15) is 5.11 Å². The number of fused-ring (bicyclic) bond motifs is 3. The van der Waals surface area contributed by atoms with Gasteiger partial charge in [-0.1, -0.05) is 72.3 Å². The zero-order chi connectivity index (χ0) is 21.9. The van der Waals surface area contributed by atoms with Gasteiger partial charge in [-0.05, 0) is 55.0 Å². The summed E-state index contributed by atoms with van der Waals surface area (Å²) in [5.41, 5.74) is 7.72. The van der Waals surface area contributed by atoms with Gasteiger partial charge in [-0.3, -0.25) is 4.90 Å². The molecule has 0 bridgehead atoms. The average molecular weight is 425 g/mol. The molecule has 3 heteroatoms. The smallest absolute Gasteiger partial charge is 0.0943 e. The van der Waals surface area contributed by atoms with Crippen molar-refractivity contribution in [1.82, 2.24) is 9.47 Å². The van der Waals surface area contributed by atoms with Crippen LogP contribution in [0, 0.1) is 6.92 Å². The van der Waals surface area contributed by atoms with E-state index in [0.717, 1.165) is 51.1 Å². The van der Waals surface area contributed by atoms with Crippen molar-refractivity contribution >= 4 is 10.9 Å². The Balaban J connectivity index is 1.45. The van der Waals surface area contributed by atoms with Gasteiger partial charge in [-0.15, -0.1) is 0 Å². The maximum Gasteiger partial charge on any atom is 0.0943 e. The first-order valence-electron chi connectivity index (χ1n) is 11.8. The molecule has 1 aromatic heterocycles. The van der Waals surface area contributed by atoms with Crippen LogP contribution in [0.3, 0.4) is 0 Å². The maximum absolute atomic E-state index is 10.9. The third kappa shape index (κ3) is 4.36. The number of aliphatic hydroxyl groups is 1. The van der Waals surface area contributed by atoms with Crippen molar-refractivity contribution in [2.75, 3.05) is 6.54 Å². The van der Waals surface area contributed by atoms with E-state index in [1.165, 1.54) is 33.2 Å². The minimum absolute atomic E-state index is 0.358. The van der Waals surface area contributed by atoms with Crippen LogP contribution >= 0.6 is 0 Å². The summed E-state index contributed by atoms with van der Waals surface area (Å²) in [5, 5.41) is 12.2. The molecule has 1 aliphatic carbocycles. The van der Waals surface area contributed by atoms with Gasteiger partial charge in [0.2, 0.25) is 0 Å². The van der Waals surface area contributed by atoms with Crippen LogP contribution in [0.1, 0.15) is 46.9 Å². The Morgan fingerprint density at radius 1 is 0.906 bits per heavy atom. The lowest BCUT2D eigenvalue weighted by Crippen LogP contribution is -2.28. The van der Waals surface area contributed by atoms with Crippen molar-refractivity contribution < 1.29 is 5.11 Å². The Morgan fingerprint density at radius 2 is 1.56 bits per heavy atom. The van der Waals surface area contributed by atoms with Crippen molar-refractivity contribution in [1.29, 1.82) is 0 Å². The highest BCUT2D eigenvalue weighted by Crippen LogP contribution is 2.37. The van der Waals surface area contributed by atoms with E-state index in [1.54, 1.807) is 0 Å². The molecular formula is C29H32N2O. The summed E-state index contributed by atoms with van der Waals surface area (Å²) in [5.74, 6) is 0. The topological polar surface area (TPSA) is 28.4 Å². The Bertz CT molecular complexity index is 1140. The van der Waals surface area contributed by atoms with Gasteiger partial charge in [-0.25, -0.2) is 0 Å². The average Bonchev–Trinajstić information content (AvgIpc) is 3.13. The normalized spacial score (nSPS) is 15.9. The van der Waals surface area contributed by atoms with Crippen LogP contribution in [0.15, 0.2) is 78.9 Å². The molecule has 0 spiro atoms. The van der Waals surface area contributed by atoms with Gasteiger partial charge < -0.3 is 9.67 Å². The lowest BCUT2D eigenvalue weighted by Gasteiger charge is -2.26. The molecule has 0 fully saturated rings. The van der Waals surface area contributed by atoms with Crippen LogP contribution in [0.4, 0.5) is 0 Å². The van der Waals surface area contributed by atoms with E-state index in [1.807, 2.05) is 0 Å². The predicted octanol–water partition coefficient (Wildman–Crippen LogP) is 6.02. The molecule has 3 nitrogen and oxygen atoms in total. The van der Waals surface area contributed by atoms with Crippen LogP contribution in [-0.4, -0.2) is 21.1 Å². The summed E-state index contributed by atoms with van der Waals surface area (Å²) in [6, 6.07) is 28.2. The van der Waals surface area contributed by atoms with Gasteiger partial charge in [0.25, 0.3) is 0 Å². The molecule has 1 heterocycles. The van der Waals surface area contributed by atoms with Crippen LogP contribution in [-0.2, 0) is 26.1 Å². The zero-order valence-corrected chi connectivity index (χ0v) is 18.9. The number of hydrogen-bond acceptors (Lipinski definition) is 2. The zero-order valence-electron chi connectivity index (χ0n) is 18.9. The Hall–Kier alpha value is -2.88. The van der Waals surface area contributed by atoms with Crippen LogP contribution in [0.2, 0.25) is 0 Å². The molecule has 164 valence electrons. The van der Waals surface area contributed by atoms with Crippen molar-refractivity contribution in [2.45, 2.75) is 51.9 Å². The molecule has 0 amide bonds. The van der Waals surface area contributed by atoms with Crippen LogP contribution in [0.25, 0.3) is 10.9 Å². The van der Waals surface area contributed by atoms with Crippen molar-refractivity contribution in [3.63, 3.8) is 0 Å². The highest BCUT2D eigenvalue weighted by molar-refractivity contribution is 5.86. The van der Waals surface area contributed by atoms with Crippen LogP contribution in [0.5, 0.6) is 0 Å². The summed E-state index contributed by atoms with van der Waals surface area (Å²) < 4.78 is 2.40. The van der Waals surface area contributed by atoms with Crippen molar-refractivity contribution in [3.05, 3.63) is 107 Å². The minimum Gasteiger partial charge on any atom is -0.387 e. The first kappa shape index (κ1) is 21.0. The second kappa shape index (κ2) is 9.32. The number of aromatic nitrogens is 1. The molecule has 32 heavy (non-hydrogen) atoms. The van der Waals surface area contributed by atoms with Crippen molar-refractivity contribution in [3.8, 4) is 0 Å². The predicted molar refractivity (Wildman–Crippen MR) is 132 cm³/mol. The van der Waals surface area contributed by atoms with E-state index < -0.39 is 0 Å². The standard InChI is InChI=1S/C29H32N2O/c1-22-15-16-27-26(19-22)25-13-8-14-28(32)29(25)31(27)18-17-30(20-23-9-4-2-5-10-23)21-24-11-6-3-7-12-24/h2-7,9-12,15-16,19,28,32H,8,13-14,17-18,20-21H2,1H3/t28-/m1/s1. The second-order valence-electron chi connectivity index (χ2n) is 9.13. The van der Waals surface area contributed by atoms with Crippen LogP contribution < -0.4 is 0 Å². The third-order valence-electron chi connectivity index (χ3n) is 6.73. The Morgan fingerprint density at radius 3 is 2.22 bits per heavy atom. The molecule has 5 rings (SSSR count). The molecule has 0 radical (unpaired) electrons. The van der Waals surface area contributed by atoms with E-state index in [-0.39, 0.29) is 6.10 Å². The van der Waals surface area contributed by atoms with Gasteiger partial charge in [0.1, 0.15) is 0 Å². The fourth-order valence-electron chi connectivity index (χ4n) is 5.19. The number of rotatable bonds is 7. The van der Waals surface area contributed by atoms with Gasteiger partial charge in [0, 0.05) is 37.1 Å². The van der Waals surface area contributed by atoms with Gasteiger partial charge in [-0.2, -0.15) is 0 Å². The first-order valence-corrected chi connectivity index (χ1v) is 11.8. The number of benzene rings is 3. The number of aliphatic hydroxyl groups excluding tert-OH is 1. The fraction of sp³-hybridized carbons (Fsp3) is 0.310. The summed E-state index contributed by atoms with van der Waals surface area (Å²) >= 11 is 0. The molecule has 1 atom stereocenters. The highest BCUT2D eigenvalue weighted by atomic mass is 16.3. The molecule has 1 aliphatic rings. The molecule has 0 unspecified atom stereocenters. The first-order chi connectivity index (χ1) is 15.7. The van der Waals surface area contributed by atoms with Crippen molar-refractivity contribution in [2.24, 2.45) is 0 Å². The lowest BCUT2D eigenvalue weighted by molar-refractivity contribution is 0.145. The molecule has 0 saturated carbocycles. The monoisotopic (exact) mass is 424 g/mol. The minimum atomic E-state index is -0.358.